The van der Waals surface area contributed by atoms with E-state index in [1.807, 2.05) is 39.5 Å². The molecule has 6 heteroatoms. The van der Waals surface area contributed by atoms with Crippen molar-refractivity contribution in [1.82, 2.24) is 9.80 Å². The van der Waals surface area contributed by atoms with Gasteiger partial charge in [0.25, 0.3) is 0 Å². The van der Waals surface area contributed by atoms with Crippen LogP contribution in [0.1, 0.15) is 47.5 Å². The zero-order valence-corrected chi connectivity index (χ0v) is 15.5. The van der Waals surface area contributed by atoms with Gasteiger partial charge < -0.3 is 14.5 Å². The highest BCUT2D eigenvalue weighted by molar-refractivity contribution is 7.98. The number of hydrogen-bond donors (Lipinski definition) is 0. The molecule has 2 atom stereocenters. The molecule has 1 aliphatic heterocycles. The van der Waals surface area contributed by atoms with E-state index in [0.717, 1.165) is 12.2 Å². The zero-order valence-electron chi connectivity index (χ0n) is 14.7. The number of ether oxygens (including phenoxy) is 1. The summed E-state index contributed by atoms with van der Waals surface area (Å²) >= 11 is 1.76. The maximum atomic E-state index is 12.3. The molecule has 5 nitrogen and oxygen atoms in total. The third-order valence-corrected chi connectivity index (χ3v) is 4.65. The van der Waals surface area contributed by atoms with E-state index >= 15 is 0 Å². The van der Waals surface area contributed by atoms with Gasteiger partial charge in [-0.05, 0) is 53.0 Å². The number of amides is 2. The summed E-state index contributed by atoms with van der Waals surface area (Å²) in [6, 6.07) is -0.0175. The zero-order chi connectivity index (χ0) is 16.9. The molecule has 1 saturated heterocycles. The topological polar surface area (TPSA) is 49.9 Å². The summed E-state index contributed by atoms with van der Waals surface area (Å²) in [5, 5.41) is 0. The number of carbonyl (C=O) groups excluding carboxylic acids is 2. The van der Waals surface area contributed by atoms with Crippen LogP contribution in [0.3, 0.4) is 0 Å². The van der Waals surface area contributed by atoms with Crippen molar-refractivity contribution >= 4 is 23.8 Å². The number of piperazine rings is 1. The van der Waals surface area contributed by atoms with Crippen LogP contribution in [-0.2, 0) is 9.53 Å². The summed E-state index contributed by atoms with van der Waals surface area (Å²) in [7, 11) is 0. The minimum atomic E-state index is -0.495. The second-order valence-corrected chi connectivity index (χ2v) is 7.82. The molecule has 1 rings (SSSR count). The third-order valence-electron chi connectivity index (χ3n) is 3.95. The van der Waals surface area contributed by atoms with Crippen LogP contribution in [0.5, 0.6) is 0 Å². The maximum Gasteiger partial charge on any atom is 0.410 e. The largest absolute Gasteiger partial charge is 0.444 e. The molecule has 1 heterocycles. The molecule has 0 aromatic heterocycles. The average molecular weight is 330 g/mol. The molecule has 0 unspecified atom stereocenters. The Hall–Kier alpha value is -0.910. The number of rotatable bonds is 4. The van der Waals surface area contributed by atoms with Crippen LogP contribution in [0, 0.1) is 0 Å². The Labute approximate surface area is 138 Å². The molecule has 0 spiro atoms. The van der Waals surface area contributed by atoms with E-state index in [0.29, 0.717) is 19.5 Å². The first-order valence-corrected chi connectivity index (χ1v) is 9.34. The van der Waals surface area contributed by atoms with Crippen molar-refractivity contribution in [3.05, 3.63) is 0 Å². The Balaban J connectivity index is 2.61. The molecule has 0 radical (unpaired) electrons. The number of nitrogens with zero attached hydrogens (tertiary/aromatic N) is 2. The monoisotopic (exact) mass is 330 g/mol. The van der Waals surface area contributed by atoms with Crippen LogP contribution in [-0.4, -0.2) is 64.6 Å². The molecule has 0 bridgehead atoms. The quantitative estimate of drug-likeness (QED) is 0.744. The lowest BCUT2D eigenvalue weighted by atomic mass is 10.0. The lowest BCUT2D eigenvalue weighted by Crippen LogP contribution is -2.60. The molecule has 2 amide bonds. The fourth-order valence-electron chi connectivity index (χ4n) is 2.58. The summed E-state index contributed by atoms with van der Waals surface area (Å²) in [6.45, 7) is 10.7. The van der Waals surface area contributed by atoms with Crippen molar-refractivity contribution in [3.63, 3.8) is 0 Å². The predicted molar refractivity (Wildman–Crippen MR) is 91.2 cm³/mol. The smallest absolute Gasteiger partial charge is 0.410 e. The van der Waals surface area contributed by atoms with E-state index in [-0.39, 0.29) is 24.1 Å². The second-order valence-electron chi connectivity index (χ2n) is 6.84. The summed E-state index contributed by atoms with van der Waals surface area (Å²) in [4.78, 5) is 28.2. The maximum absolute atomic E-state index is 12.3. The normalized spacial score (nSPS) is 22.6. The van der Waals surface area contributed by atoms with Gasteiger partial charge in [-0.1, -0.05) is 0 Å². The van der Waals surface area contributed by atoms with Gasteiger partial charge in [-0.15, -0.1) is 0 Å². The van der Waals surface area contributed by atoms with Crippen LogP contribution in [0.2, 0.25) is 0 Å². The molecule has 1 aliphatic rings. The van der Waals surface area contributed by atoms with Gasteiger partial charge in [0.2, 0.25) is 5.91 Å². The number of thioether (sulfide) groups is 1. The van der Waals surface area contributed by atoms with E-state index in [2.05, 4.69) is 6.26 Å². The predicted octanol–water partition coefficient (Wildman–Crippen LogP) is 2.99. The molecular weight excluding hydrogens is 300 g/mol. The highest BCUT2D eigenvalue weighted by atomic mass is 32.2. The van der Waals surface area contributed by atoms with E-state index < -0.39 is 5.60 Å². The fourth-order valence-corrected chi connectivity index (χ4v) is 3.02. The molecule has 0 saturated carbocycles. The summed E-state index contributed by atoms with van der Waals surface area (Å²) in [6.07, 6.45) is 3.26. The van der Waals surface area contributed by atoms with Crippen molar-refractivity contribution in [2.75, 3.05) is 25.1 Å². The van der Waals surface area contributed by atoms with Crippen molar-refractivity contribution in [2.24, 2.45) is 0 Å². The van der Waals surface area contributed by atoms with Gasteiger partial charge in [0.1, 0.15) is 5.60 Å². The highest BCUT2D eigenvalue weighted by Gasteiger charge is 2.37. The molecule has 1 fully saturated rings. The lowest BCUT2D eigenvalue weighted by molar-refractivity contribution is -0.137. The molecule has 0 aromatic carbocycles. The molecule has 0 aromatic rings. The van der Waals surface area contributed by atoms with Crippen LogP contribution >= 0.6 is 11.8 Å². The van der Waals surface area contributed by atoms with E-state index in [4.69, 9.17) is 4.74 Å². The first kappa shape index (κ1) is 19.1. The van der Waals surface area contributed by atoms with Crippen molar-refractivity contribution in [1.29, 1.82) is 0 Å². The first-order valence-electron chi connectivity index (χ1n) is 7.95. The lowest BCUT2D eigenvalue weighted by Gasteiger charge is -2.45. The van der Waals surface area contributed by atoms with Crippen LogP contribution in [0.25, 0.3) is 0 Å². The van der Waals surface area contributed by atoms with E-state index in [9.17, 15) is 9.59 Å². The van der Waals surface area contributed by atoms with Gasteiger partial charge in [-0.3, -0.25) is 4.79 Å². The van der Waals surface area contributed by atoms with Gasteiger partial charge >= 0.3 is 6.09 Å². The van der Waals surface area contributed by atoms with E-state index in [1.54, 1.807) is 16.7 Å². The second kappa shape index (κ2) is 8.09. The minimum absolute atomic E-state index is 0.0167. The van der Waals surface area contributed by atoms with Gasteiger partial charge in [0.05, 0.1) is 6.04 Å². The fraction of sp³-hybridized carbons (Fsp3) is 0.875. The summed E-state index contributed by atoms with van der Waals surface area (Å²) < 4.78 is 5.45. The Morgan fingerprint density at radius 3 is 2.23 bits per heavy atom. The van der Waals surface area contributed by atoms with Gasteiger partial charge in [-0.2, -0.15) is 11.8 Å². The number of carbonyl (C=O) groups is 2. The van der Waals surface area contributed by atoms with Crippen LogP contribution < -0.4 is 0 Å². The highest BCUT2D eigenvalue weighted by Crippen LogP contribution is 2.21. The molecule has 0 aliphatic carbocycles. The number of hydrogen-bond acceptors (Lipinski definition) is 4. The average Bonchev–Trinajstić information content (AvgIpc) is 2.39. The van der Waals surface area contributed by atoms with Crippen molar-refractivity contribution < 1.29 is 14.3 Å². The van der Waals surface area contributed by atoms with Crippen LogP contribution in [0.4, 0.5) is 4.79 Å². The van der Waals surface area contributed by atoms with Crippen LogP contribution in [0.15, 0.2) is 0 Å². The SMILES string of the molecule is CSCCCC(=O)N1CCN(C(=O)OC(C)(C)C)[C@H](C)[C@H]1C. The Bertz CT molecular complexity index is 395. The van der Waals surface area contributed by atoms with Gasteiger partial charge in [-0.25, -0.2) is 4.79 Å². The standard InChI is InChI=1S/C16H30N2O3S/c1-12-13(2)18(15(20)21-16(3,4)5)10-9-17(12)14(19)8-7-11-22-6/h12-13H,7-11H2,1-6H3/t12-,13-/m1/s1. The van der Waals surface area contributed by atoms with Crippen molar-refractivity contribution in [2.45, 2.75) is 65.1 Å². The molecule has 128 valence electrons. The van der Waals surface area contributed by atoms with Crippen molar-refractivity contribution in [3.8, 4) is 0 Å². The Morgan fingerprint density at radius 1 is 1.14 bits per heavy atom. The van der Waals surface area contributed by atoms with E-state index in [1.165, 1.54) is 0 Å². The summed E-state index contributed by atoms with van der Waals surface area (Å²) in [5.74, 6) is 1.20. The Kier molecular flexibility index (Phi) is 7.03. The third kappa shape index (κ3) is 5.38. The Morgan fingerprint density at radius 2 is 1.68 bits per heavy atom. The first-order chi connectivity index (χ1) is 10.2. The molecule has 0 N–H and O–H groups in total. The molecular formula is C16H30N2O3S. The minimum Gasteiger partial charge on any atom is -0.444 e. The van der Waals surface area contributed by atoms with Gasteiger partial charge in [0.15, 0.2) is 0 Å². The molecule has 22 heavy (non-hydrogen) atoms. The van der Waals surface area contributed by atoms with Gasteiger partial charge in [0, 0.05) is 25.6 Å². The summed E-state index contributed by atoms with van der Waals surface area (Å²) in [5.41, 5.74) is -0.495.